The molecule has 2 rings (SSSR count). The van der Waals surface area contributed by atoms with Crippen LogP contribution in [0, 0.1) is 11.7 Å². The van der Waals surface area contributed by atoms with E-state index in [4.69, 9.17) is 4.74 Å². The van der Waals surface area contributed by atoms with Gasteiger partial charge in [-0.2, -0.15) is 0 Å². The van der Waals surface area contributed by atoms with Gasteiger partial charge in [0.15, 0.2) is 11.6 Å². The van der Waals surface area contributed by atoms with Crippen LogP contribution in [0.5, 0.6) is 5.75 Å². The second-order valence-electron chi connectivity index (χ2n) is 6.00. The fourth-order valence-corrected chi connectivity index (χ4v) is 2.90. The Morgan fingerprint density at radius 3 is 2.95 bits per heavy atom. The SMILES string of the molecule is CCC(C)C1CN(Cc2ccc(OC)c(F)c2)CCCN1. The van der Waals surface area contributed by atoms with Gasteiger partial charge in [0.1, 0.15) is 0 Å². The van der Waals surface area contributed by atoms with Gasteiger partial charge in [-0.05, 0) is 43.1 Å². The normalized spacial score (nSPS) is 21.8. The van der Waals surface area contributed by atoms with Crippen LogP contribution >= 0.6 is 0 Å². The van der Waals surface area contributed by atoms with Crippen LogP contribution < -0.4 is 10.1 Å². The molecule has 118 valence electrons. The Labute approximate surface area is 127 Å². The van der Waals surface area contributed by atoms with Gasteiger partial charge in [-0.15, -0.1) is 0 Å². The van der Waals surface area contributed by atoms with Crippen molar-refractivity contribution in [3.8, 4) is 5.75 Å². The minimum Gasteiger partial charge on any atom is -0.494 e. The van der Waals surface area contributed by atoms with Gasteiger partial charge in [0.25, 0.3) is 0 Å². The van der Waals surface area contributed by atoms with Crippen LogP contribution in [0.3, 0.4) is 0 Å². The second-order valence-corrected chi connectivity index (χ2v) is 6.00. The van der Waals surface area contributed by atoms with Crippen LogP contribution in [-0.4, -0.2) is 37.7 Å². The molecule has 3 nitrogen and oxygen atoms in total. The molecular weight excluding hydrogens is 267 g/mol. The molecule has 1 aromatic carbocycles. The molecule has 2 unspecified atom stereocenters. The minimum atomic E-state index is -0.276. The Morgan fingerprint density at radius 2 is 2.29 bits per heavy atom. The summed E-state index contributed by atoms with van der Waals surface area (Å²) in [5.74, 6) is 0.702. The molecular formula is C17H27FN2O. The third kappa shape index (κ3) is 4.42. The Hall–Kier alpha value is -1.13. The predicted octanol–water partition coefficient (Wildman–Crippen LogP) is 3.04. The Balaban J connectivity index is 2.01. The summed E-state index contributed by atoms with van der Waals surface area (Å²) in [5, 5.41) is 3.64. The fraction of sp³-hybridized carbons (Fsp3) is 0.647. The molecule has 0 amide bonds. The van der Waals surface area contributed by atoms with Crippen LogP contribution in [0.1, 0.15) is 32.3 Å². The Morgan fingerprint density at radius 1 is 1.48 bits per heavy atom. The number of nitrogens with one attached hydrogen (secondary N) is 1. The van der Waals surface area contributed by atoms with Crippen LogP contribution in [0.15, 0.2) is 18.2 Å². The molecule has 2 atom stereocenters. The summed E-state index contributed by atoms with van der Waals surface area (Å²) in [5.41, 5.74) is 1.01. The van der Waals surface area contributed by atoms with E-state index in [9.17, 15) is 4.39 Å². The highest BCUT2D eigenvalue weighted by molar-refractivity contribution is 5.29. The number of methoxy groups -OCH3 is 1. The van der Waals surface area contributed by atoms with Gasteiger partial charge in [0.05, 0.1) is 7.11 Å². The molecule has 0 aromatic heterocycles. The summed E-state index contributed by atoms with van der Waals surface area (Å²) < 4.78 is 18.8. The van der Waals surface area contributed by atoms with Gasteiger partial charge >= 0.3 is 0 Å². The minimum absolute atomic E-state index is 0.276. The zero-order chi connectivity index (χ0) is 15.2. The van der Waals surface area contributed by atoms with Gasteiger partial charge in [-0.25, -0.2) is 4.39 Å². The van der Waals surface area contributed by atoms with Crippen LogP contribution in [-0.2, 0) is 6.54 Å². The number of benzene rings is 1. The summed E-state index contributed by atoms with van der Waals surface area (Å²) in [4.78, 5) is 2.43. The third-order valence-electron chi connectivity index (χ3n) is 4.47. The van der Waals surface area contributed by atoms with Crippen LogP contribution in [0.4, 0.5) is 4.39 Å². The fourth-order valence-electron chi connectivity index (χ4n) is 2.90. The molecule has 0 bridgehead atoms. The highest BCUT2D eigenvalue weighted by Crippen LogP contribution is 2.20. The zero-order valence-electron chi connectivity index (χ0n) is 13.4. The average molecular weight is 294 g/mol. The first-order valence-electron chi connectivity index (χ1n) is 7.92. The molecule has 1 aliphatic rings. The van der Waals surface area contributed by atoms with E-state index >= 15 is 0 Å². The number of hydrogen-bond acceptors (Lipinski definition) is 3. The van der Waals surface area contributed by atoms with E-state index in [2.05, 4.69) is 24.1 Å². The monoisotopic (exact) mass is 294 g/mol. The van der Waals surface area contributed by atoms with Crippen molar-refractivity contribution in [3.63, 3.8) is 0 Å². The number of hydrogen-bond donors (Lipinski definition) is 1. The maximum atomic E-state index is 13.8. The van der Waals surface area contributed by atoms with Gasteiger partial charge in [0, 0.05) is 19.1 Å². The molecule has 1 aliphatic heterocycles. The lowest BCUT2D eigenvalue weighted by atomic mass is 9.99. The van der Waals surface area contributed by atoms with Crippen molar-refractivity contribution in [1.82, 2.24) is 10.2 Å². The lowest BCUT2D eigenvalue weighted by molar-refractivity contribution is 0.231. The van der Waals surface area contributed by atoms with Crippen LogP contribution in [0.2, 0.25) is 0 Å². The number of nitrogens with zero attached hydrogens (tertiary/aromatic N) is 1. The number of ether oxygens (including phenoxy) is 1. The van der Waals surface area contributed by atoms with Crippen molar-refractivity contribution in [2.75, 3.05) is 26.7 Å². The molecule has 21 heavy (non-hydrogen) atoms. The average Bonchev–Trinajstić information content (AvgIpc) is 2.72. The maximum Gasteiger partial charge on any atom is 0.165 e. The Bertz CT molecular complexity index is 452. The van der Waals surface area contributed by atoms with E-state index in [0.717, 1.165) is 38.2 Å². The van der Waals surface area contributed by atoms with Crippen molar-refractivity contribution in [2.24, 2.45) is 5.92 Å². The summed E-state index contributed by atoms with van der Waals surface area (Å²) >= 11 is 0. The standard InChI is InChI=1S/C17H27FN2O/c1-4-13(2)16-12-20(9-5-8-19-16)11-14-6-7-17(21-3)15(18)10-14/h6-7,10,13,16,19H,4-5,8-9,11-12H2,1-3H3. The topological polar surface area (TPSA) is 24.5 Å². The molecule has 1 fully saturated rings. The predicted molar refractivity (Wildman–Crippen MR) is 84.1 cm³/mol. The molecule has 0 saturated carbocycles. The summed E-state index contributed by atoms with van der Waals surface area (Å²) in [6.45, 7) is 8.50. The molecule has 1 saturated heterocycles. The molecule has 1 heterocycles. The third-order valence-corrected chi connectivity index (χ3v) is 4.47. The van der Waals surface area contributed by atoms with Gasteiger partial charge in [-0.1, -0.05) is 26.3 Å². The quantitative estimate of drug-likeness (QED) is 0.903. The van der Waals surface area contributed by atoms with Gasteiger partial charge < -0.3 is 10.1 Å². The molecule has 0 aliphatic carbocycles. The molecule has 0 spiro atoms. The second kappa shape index (κ2) is 7.76. The maximum absolute atomic E-state index is 13.8. The van der Waals surface area contributed by atoms with Crippen LogP contribution in [0.25, 0.3) is 0 Å². The molecule has 1 aromatic rings. The van der Waals surface area contributed by atoms with E-state index in [0.29, 0.717) is 17.7 Å². The summed E-state index contributed by atoms with van der Waals surface area (Å²) in [6.07, 6.45) is 2.33. The first-order chi connectivity index (χ1) is 10.1. The van der Waals surface area contributed by atoms with Crippen molar-refractivity contribution in [1.29, 1.82) is 0 Å². The summed E-state index contributed by atoms with van der Waals surface area (Å²) in [6, 6.07) is 5.79. The number of rotatable bonds is 5. The van der Waals surface area contributed by atoms with Gasteiger partial charge in [-0.3, -0.25) is 4.90 Å². The van der Waals surface area contributed by atoms with Crippen molar-refractivity contribution in [2.45, 2.75) is 39.3 Å². The van der Waals surface area contributed by atoms with E-state index < -0.39 is 0 Å². The molecule has 0 radical (unpaired) electrons. The van der Waals surface area contributed by atoms with E-state index in [1.54, 1.807) is 12.1 Å². The highest BCUT2D eigenvalue weighted by Gasteiger charge is 2.21. The first-order valence-corrected chi connectivity index (χ1v) is 7.92. The number of halogens is 1. The first kappa shape index (κ1) is 16.2. The zero-order valence-corrected chi connectivity index (χ0v) is 13.4. The Kier molecular flexibility index (Phi) is 6.00. The molecule has 1 N–H and O–H groups in total. The van der Waals surface area contributed by atoms with Crippen molar-refractivity contribution in [3.05, 3.63) is 29.6 Å². The van der Waals surface area contributed by atoms with Gasteiger partial charge in [0.2, 0.25) is 0 Å². The van der Waals surface area contributed by atoms with E-state index in [-0.39, 0.29) is 5.82 Å². The van der Waals surface area contributed by atoms with E-state index in [1.807, 2.05) is 6.07 Å². The lowest BCUT2D eigenvalue weighted by Gasteiger charge is -2.28. The van der Waals surface area contributed by atoms with Crippen molar-refractivity contribution >= 4 is 0 Å². The molecule has 4 heteroatoms. The summed E-state index contributed by atoms with van der Waals surface area (Å²) in [7, 11) is 1.50. The smallest absolute Gasteiger partial charge is 0.165 e. The largest absolute Gasteiger partial charge is 0.494 e. The lowest BCUT2D eigenvalue weighted by Crippen LogP contribution is -2.41. The van der Waals surface area contributed by atoms with E-state index in [1.165, 1.54) is 13.5 Å². The highest BCUT2D eigenvalue weighted by atomic mass is 19.1. The van der Waals surface area contributed by atoms with Crippen molar-refractivity contribution < 1.29 is 9.13 Å².